The van der Waals surface area contributed by atoms with Crippen molar-refractivity contribution in [2.24, 2.45) is 5.10 Å². The minimum Gasteiger partial charge on any atom is -0.465 e. The number of nitrogens with one attached hydrogen (secondary N) is 2. The molecule has 0 fully saturated rings. The fourth-order valence-corrected chi connectivity index (χ4v) is 2.85. The van der Waals surface area contributed by atoms with Crippen molar-refractivity contribution in [1.82, 2.24) is 10.7 Å². The van der Waals surface area contributed by atoms with E-state index >= 15 is 0 Å². The highest BCUT2D eigenvalue weighted by Crippen LogP contribution is 2.22. The molecule has 33 heavy (non-hydrogen) atoms. The number of carbonyl (C=O) groups is 3. The predicted molar refractivity (Wildman–Crippen MR) is 122 cm³/mol. The zero-order valence-electron chi connectivity index (χ0n) is 17.0. The van der Waals surface area contributed by atoms with Crippen LogP contribution in [0, 0.1) is 5.82 Å². The molecule has 0 unspecified atom stereocenters. The van der Waals surface area contributed by atoms with Crippen molar-refractivity contribution in [3.63, 3.8) is 0 Å². The van der Waals surface area contributed by atoms with Crippen molar-refractivity contribution < 1.29 is 27.9 Å². The summed E-state index contributed by atoms with van der Waals surface area (Å²) in [6, 6.07) is 13.2. The number of amides is 2. The van der Waals surface area contributed by atoms with E-state index in [1.54, 1.807) is 30.3 Å². The second kappa shape index (κ2) is 11.5. The lowest BCUT2D eigenvalue weighted by atomic mass is 10.2. The summed E-state index contributed by atoms with van der Waals surface area (Å²) < 4.78 is 24.0. The summed E-state index contributed by atoms with van der Waals surface area (Å²) in [4.78, 5) is 36.0. The number of furan rings is 1. The third kappa shape index (κ3) is 7.54. The smallest absolute Gasteiger partial charge is 0.336 e. The summed E-state index contributed by atoms with van der Waals surface area (Å²) in [6.45, 7) is -0.342. The summed E-state index contributed by atoms with van der Waals surface area (Å²) in [5.74, 6) is -1.50. The Morgan fingerprint density at radius 1 is 1.12 bits per heavy atom. The summed E-state index contributed by atoms with van der Waals surface area (Å²) in [6.07, 6.45) is 5.46. The quantitative estimate of drug-likeness (QED) is 0.157. The second-order valence-electron chi connectivity index (χ2n) is 6.43. The molecule has 0 atom stereocenters. The van der Waals surface area contributed by atoms with Crippen LogP contribution in [-0.4, -0.2) is 30.5 Å². The van der Waals surface area contributed by atoms with Crippen molar-refractivity contribution in [2.45, 2.75) is 0 Å². The Balaban J connectivity index is 1.54. The molecule has 1 aromatic heterocycles. The van der Waals surface area contributed by atoms with Gasteiger partial charge in [0.2, 0.25) is 0 Å². The molecule has 0 radical (unpaired) electrons. The highest BCUT2D eigenvalue weighted by Gasteiger charge is 2.09. The first kappa shape index (κ1) is 23.6. The van der Waals surface area contributed by atoms with Gasteiger partial charge in [-0.05, 0) is 60.7 Å². The predicted octanol–water partition coefficient (Wildman–Crippen LogP) is 3.68. The fraction of sp³-hybridized carbons (Fsp3) is 0.0435. The van der Waals surface area contributed by atoms with Crippen LogP contribution in [0.25, 0.3) is 6.08 Å². The van der Waals surface area contributed by atoms with Gasteiger partial charge in [-0.25, -0.2) is 14.6 Å². The van der Waals surface area contributed by atoms with Gasteiger partial charge >= 0.3 is 5.97 Å². The highest BCUT2D eigenvalue weighted by molar-refractivity contribution is 9.10. The summed E-state index contributed by atoms with van der Waals surface area (Å²) >= 11 is 3.32. The van der Waals surface area contributed by atoms with Crippen LogP contribution >= 0.6 is 15.9 Å². The molecule has 0 aliphatic heterocycles. The standard InChI is InChI=1S/C23H17BrFN3O5/c24-17-5-9-20(33-22(30)10-8-19-2-1-11-32-19)16(12-17)13-27-28-21(29)14-26-23(31)15-3-6-18(25)7-4-15/h1-13H,14H2,(H,26,31)(H,28,29)/b10-8+,27-13?. The summed E-state index contributed by atoms with van der Waals surface area (Å²) in [5.41, 5.74) is 2.90. The molecule has 2 N–H and O–H groups in total. The van der Waals surface area contributed by atoms with Crippen molar-refractivity contribution in [1.29, 1.82) is 0 Å². The second-order valence-corrected chi connectivity index (χ2v) is 7.35. The fourth-order valence-electron chi connectivity index (χ4n) is 2.47. The Bertz CT molecular complexity index is 1190. The number of rotatable bonds is 8. The normalized spacial score (nSPS) is 11.0. The lowest BCUT2D eigenvalue weighted by Crippen LogP contribution is -2.34. The molecule has 0 aliphatic carbocycles. The molecule has 0 spiro atoms. The SMILES string of the molecule is O=C(CNC(=O)c1ccc(F)cc1)NN=Cc1cc(Br)ccc1OC(=O)/C=C/c1ccco1. The van der Waals surface area contributed by atoms with Gasteiger partial charge in [0, 0.05) is 21.7 Å². The molecule has 0 bridgehead atoms. The van der Waals surface area contributed by atoms with Gasteiger partial charge in [-0.15, -0.1) is 0 Å². The average Bonchev–Trinajstić information content (AvgIpc) is 3.32. The van der Waals surface area contributed by atoms with Crippen LogP contribution in [0.1, 0.15) is 21.7 Å². The van der Waals surface area contributed by atoms with Crippen LogP contribution in [0.5, 0.6) is 5.75 Å². The molecule has 0 saturated carbocycles. The maximum absolute atomic E-state index is 12.9. The van der Waals surface area contributed by atoms with Crippen molar-refractivity contribution in [2.75, 3.05) is 6.54 Å². The Labute approximate surface area is 196 Å². The van der Waals surface area contributed by atoms with E-state index in [0.29, 0.717) is 15.8 Å². The number of hydrogen-bond acceptors (Lipinski definition) is 6. The molecule has 2 aromatic carbocycles. The van der Waals surface area contributed by atoms with Gasteiger partial charge in [0.1, 0.15) is 17.3 Å². The summed E-state index contributed by atoms with van der Waals surface area (Å²) in [7, 11) is 0. The van der Waals surface area contributed by atoms with Gasteiger partial charge < -0.3 is 14.5 Å². The van der Waals surface area contributed by atoms with Crippen LogP contribution < -0.4 is 15.5 Å². The van der Waals surface area contributed by atoms with E-state index in [0.717, 1.165) is 12.1 Å². The van der Waals surface area contributed by atoms with Gasteiger partial charge in [0.25, 0.3) is 11.8 Å². The highest BCUT2D eigenvalue weighted by atomic mass is 79.9. The molecular formula is C23H17BrFN3O5. The first-order valence-corrected chi connectivity index (χ1v) is 10.3. The molecule has 1 heterocycles. The van der Waals surface area contributed by atoms with E-state index in [2.05, 4.69) is 31.8 Å². The first-order chi connectivity index (χ1) is 15.9. The molecule has 3 aromatic rings. The van der Waals surface area contributed by atoms with Crippen LogP contribution in [0.15, 0.2) is 80.9 Å². The number of hydrogen-bond donors (Lipinski definition) is 2. The number of ether oxygens (including phenoxy) is 1. The van der Waals surface area contributed by atoms with E-state index in [1.807, 2.05) is 0 Å². The van der Waals surface area contributed by atoms with E-state index in [9.17, 15) is 18.8 Å². The maximum Gasteiger partial charge on any atom is 0.336 e. The zero-order valence-corrected chi connectivity index (χ0v) is 18.5. The lowest BCUT2D eigenvalue weighted by molar-refractivity contribution is -0.129. The number of carbonyl (C=O) groups excluding carboxylic acids is 3. The molecule has 8 nitrogen and oxygen atoms in total. The number of halogens is 2. The van der Waals surface area contributed by atoms with Crippen LogP contribution in [0.3, 0.4) is 0 Å². The van der Waals surface area contributed by atoms with Crippen LogP contribution in [0.4, 0.5) is 4.39 Å². The zero-order chi connectivity index (χ0) is 23.6. The Morgan fingerprint density at radius 3 is 2.64 bits per heavy atom. The molecule has 3 rings (SSSR count). The van der Waals surface area contributed by atoms with E-state index in [-0.39, 0.29) is 17.9 Å². The van der Waals surface area contributed by atoms with Gasteiger partial charge in [0.15, 0.2) is 0 Å². The molecule has 2 amide bonds. The van der Waals surface area contributed by atoms with Crippen LogP contribution in [0.2, 0.25) is 0 Å². The van der Waals surface area contributed by atoms with Gasteiger partial charge in [-0.2, -0.15) is 5.10 Å². The average molecular weight is 514 g/mol. The van der Waals surface area contributed by atoms with Gasteiger partial charge in [-0.3, -0.25) is 9.59 Å². The maximum atomic E-state index is 12.9. The van der Waals surface area contributed by atoms with Gasteiger partial charge in [0.05, 0.1) is 19.0 Å². The molecule has 10 heteroatoms. The Hall–Kier alpha value is -4.05. The molecule has 0 saturated heterocycles. The first-order valence-electron chi connectivity index (χ1n) is 9.49. The monoisotopic (exact) mass is 513 g/mol. The topological polar surface area (TPSA) is 110 Å². The largest absolute Gasteiger partial charge is 0.465 e. The number of esters is 1. The molecule has 168 valence electrons. The van der Waals surface area contributed by atoms with Crippen LogP contribution in [-0.2, 0) is 9.59 Å². The van der Waals surface area contributed by atoms with E-state index < -0.39 is 23.6 Å². The molecule has 0 aliphatic rings. The van der Waals surface area contributed by atoms with E-state index in [1.165, 1.54) is 36.8 Å². The summed E-state index contributed by atoms with van der Waals surface area (Å²) in [5, 5.41) is 6.23. The Morgan fingerprint density at radius 2 is 1.91 bits per heavy atom. The number of nitrogens with zero attached hydrogens (tertiary/aromatic N) is 1. The third-order valence-electron chi connectivity index (χ3n) is 4.02. The number of hydrazone groups is 1. The third-order valence-corrected chi connectivity index (χ3v) is 4.51. The minimum atomic E-state index is -0.629. The van der Waals surface area contributed by atoms with E-state index in [4.69, 9.17) is 9.15 Å². The Kier molecular flexibility index (Phi) is 8.25. The van der Waals surface area contributed by atoms with Crippen molar-refractivity contribution in [3.05, 3.63) is 94.1 Å². The molecular weight excluding hydrogens is 497 g/mol. The number of benzene rings is 2. The van der Waals surface area contributed by atoms with Crippen molar-refractivity contribution >= 4 is 46.0 Å². The minimum absolute atomic E-state index is 0.217. The lowest BCUT2D eigenvalue weighted by Gasteiger charge is -2.06. The van der Waals surface area contributed by atoms with Gasteiger partial charge in [-0.1, -0.05) is 15.9 Å². The van der Waals surface area contributed by atoms with Crippen molar-refractivity contribution in [3.8, 4) is 5.75 Å².